The van der Waals surface area contributed by atoms with Crippen molar-refractivity contribution >= 4 is 11.6 Å². The van der Waals surface area contributed by atoms with E-state index in [0.29, 0.717) is 6.54 Å². The Morgan fingerprint density at radius 3 is 2.44 bits per heavy atom. The largest absolute Gasteiger partial charge is 0.495 e. The molecule has 142 valence electrons. The second-order valence-corrected chi connectivity index (χ2v) is 7.00. The van der Waals surface area contributed by atoms with Gasteiger partial charge in [-0.3, -0.25) is 10.2 Å². The Morgan fingerprint density at radius 2 is 1.70 bits per heavy atom. The number of rotatable bonds is 4. The number of nitrogens with one attached hydrogen (secondary N) is 2. The molecule has 1 amide bonds. The molecule has 2 fully saturated rings. The van der Waals surface area contributed by atoms with Gasteiger partial charge in [-0.1, -0.05) is 42.5 Å². The van der Waals surface area contributed by atoms with Crippen LogP contribution < -0.4 is 20.5 Å². The van der Waals surface area contributed by atoms with E-state index in [1.54, 1.807) is 7.11 Å². The molecule has 2 N–H and O–H groups in total. The molecule has 2 aliphatic heterocycles. The molecule has 6 heteroatoms. The smallest absolute Gasteiger partial charge is 0.229 e. The molecule has 2 aliphatic rings. The average molecular weight is 366 g/mol. The van der Waals surface area contributed by atoms with E-state index >= 15 is 0 Å². The first-order valence-electron chi connectivity index (χ1n) is 9.48. The summed E-state index contributed by atoms with van der Waals surface area (Å²) in [6, 6.07) is 18.3. The van der Waals surface area contributed by atoms with Crippen molar-refractivity contribution in [1.29, 1.82) is 0 Å². The van der Waals surface area contributed by atoms with Crippen molar-refractivity contribution in [2.24, 2.45) is 5.92 Å². The van der Waals surface area contributed by atoms with Crippen molar-refractivity contribution < 1.29 is 9.53 Å². The lowest BCUT2D eigenvalue weighted by atomic mass is 9.93. The van der Waals surface area contributed by atoms with Crippen molar-refractivity contribution in [3.05, 3.63) is 60.2 Å². The van der Waals surface area contributed by atoms with Crippen LogP contribution in [0.5, 0.6) is 5.75 Å². The van der Waals surface area contributed by atoms with Crippen LogP contribution in [-0.4, -0.2) is 50.6 Å². The number of methoxy groups -OCH3 is 1. The van der Waals surface area contributed by atoms with Gasteiger partial charge >= 0.3 is 0 Å². The van der Waals surface area contributed by atoms with E-state index in [4.69, 9.17) is 4.74 Å². The lowest BCUT2D eigenvalue weighted by Gasteiger charge is -2.38. The Labute approximate surface area is 160 Å². The molecule has 0 radical (unpaired) electrons. The zero-order valence-corrected chi connectivity index (χ0v) is 15.6. The molecule has 2 aromatic rings. The van der Waals surface area contributed by atoms with Gasteiger partial charge in [0.2, 0.25) is 5.91 Å². The van der Waals surface area contributed by atoms with Gasteiger partial charge in [-0.15, -0.1) is 0 Å². The van der Waals surface area contributed by atoms with Crippen molar-refractivity contribution in [1.82, 2.24) is 15.8 Å². The van der Waals surface area contributed by atoms with E-state index in [9.17, 15) is 4.79 Å². The quantitative estimate of drug-likeness (QED) is 0.864. The average Bonchev–Trinajstić information content (AvgIpc) is 3.24. The molecule has 4 rings (SSSR count). The number of ether oxygens (including phenoxy) is 1. The summed E-state index contributed by atoms with van der Waals surface area (Å²) in [6.07, 6.45) is 0. The summed E-state index contributed by atoms with van der Waals surface area (Å²) in [6.45, 7) is 3.75. The Balaban J connectivity index is 1.41. The SMILES string of the molecule is COc1ccccc1N1CCN(C(=O)C2CNNC2c2ccccc2)CC1. The normalized spacial score (nSPS) is 22.7. The molecule has 0 aliphatic carbocycles. The van der Waals surface area contributed by atoms with Crippen LogP contribution in [0.25, 0.3) is 0 Å². The molecule has 2 heterocycles. The van der Waals surface area contributed by atoms with Crippen LogP contribution in [0.4, 0.5) is 5.69 Å². The number of hydrazine groups is 1. The summed E-state index contributed by atoms with van der Waals surface area (Å²) in [4.78, 5) is 17.4. The van der Waals surface area contributed by atoms with Gasteiger partial charge in [0.25, 0.3) is 0 Å². The van der Waals surface area contributed by atoms with Gasteiger partial charge < -0.3 is 14.5 Å². The lowest BCUT2D eigenvalue weighted by molar-refractivity contribution is -0.135. The maximum absolute atomic E-state index is 13.2. The number of nitrogens with zero attached hydrogens (tertiary/aromatic N) is 2. The number of para-hydroxylation sites is 2. The molecule has 2 atom stereocenters. The lowest BCUT2D eigenvalue weighted by Crippen LogP contribution is -2.51. The van der Waals surface area contributed by atoms with E-state index in [2.05, 4.69) is 34.0 Å². The summed E-state index contributed by atoms with van der Waals surface area (Å²) in [5, 5.41) is 0. The predicted molar refractivity (Wildman–Crippen MR) is 106 cm³/mol. The number of benzene rings is 2. The van der Waals surface area contributed by atoms with Crippen LogP contribution in [0.15, 0.2) is 54.6 Å². The maximum atomic E-state index is 13.2. The van der Waals surface area contributed by atoms with Crippen LogP contribution in [-0.2, 0) is 4.79 Å². The topological polar surface area (TPSA) is 56.8 Å². The van der Waals surface area contributed by atoms with Crippen molar-refractivity contribution in [3.63, 3.8) is 0 Å². The fourth-order valence-corrected chi connectivity index (χ4v) is 4.00. The number of amides is 1. The van der Waals surface area contributed by atoms with Gasteiger partial charge in [0.05, 0.1) is 24.8 Å². The van der Waals surface area contributed by atoms with Crippen molar-refractivity contribution in [2.75, 3.05) is 44.7 Å². The van der Waals surface area contributed by atoms with Crippen molar-refractivity contribution in [2.45, 2.75) is 6.04 Å². The van der Waals surface area contributed by atoms with Crippen LogP contribution in [0.1, 0.15) is 11.6 Å². The molecule has 27 heavy (non-hydrogen) atoms. The summed E-state index contributed by atoms with van der Waals surface area (Å²) >= 11 is 0. The number of hydrogen-bond acceptors (Lipinski definition) is 5. The zero-order chi connectivity index (χ0) is 18.6. The Hall–Kier alpha value is -2.57. The number of carbonyl (C=O) groups excluding carboxylic acids is 1. The van der Waals surface area contributed by atoms with E-state index < -0.39 is 0 Å². The van der Waals surface area contributed by atoms with E-state index in [-0.39, 0.29) is 17.9 Å². The highest BCUT2D eigenvalue weighted by molar-refractivity contribution is 5.81. The monoisotopic (exact) mass is 366 g/mol. The highest BCUT2D eigenvalue weighted by Gasteiger charge is 2.37. The fraction of sp³-hybridized carbons (Fsp3) is 0.381. The van der Waals surface area contributed by atoms with Gasteiger partial charge in [0.15, 0.2) is 0 Å². The molecule has 2 unspecified atom stereocenters. The summed E-state index contributed by atoms with van der Waals surface area (Å²) in [5.41, 5.74) is 8.68. The van der Waals surface area contributed by atoms with Gasteiger partial charge in [0.1, 0.15) is 5.75 Å². The third kappa shape index (κ3) is 3.63. The highest BCUT2D eigenvalue weighted by Crippen LogP contribution is 2.30. The second-order valence-electron chi connectivity index (χ2n) is 7.00. The molecule has 0 saturated carbocycles. The van der Waals surface area contributed by atoms with Gasteiger partial charge in [-0.25, -0.2) is 5.43 Å². The molecule has 6 nitrogen and oxygen atoms in total. The zero-order valence-electron chi connectivity index (χ0n) is 15.6. The molecule has 0 bridgehead atoms. The van der Waals surface area contributed by atoms with Gasteiger partial charge in [0, 0.05) is 32.7 Å². The van der Waals surface area contributed by atoms with Crippen LogP contribution in [0.2, 0.25) is 0 Å². The van der Waals surface area contributed by atoms with Gasteiger partial charge in [-0.05, 0) is 17.7 Å². The van der Waals surface area contributed by atoms with E-state index in [1.807, 2.05) is 41.3 Å². The summed E-state index contributed by atoms with van der Waals surface area (Å²) in [5.74, 6) is 1.02. The first-order chi connectivity index (χ1) is 13.3. The number of hydrogen-bond donors (Lipinski definition) is 2. The predicted octanol–water partition coefficient (Wildman–Crippen LogP) is 1.81. The van der Waals surface area contributed by atoms with Gasteiger partial charge in [-0.2, -0.15) is 0 Å². The maximum Gasteiger partial charge on any atom is 0.229 e. The molecule has 0 spiro atoms. The number of carbonyl (C=O) groups is 1. The Kier molecular flexibility index (Phi) is 5.27. The van der Waals surface area contributed by atoms with Crippen molar-refractivity contribution in [3.8, 4) is 5.75 Å². The first-order valence-corrected chi connectivity index (χ1v) is 9.48. The standard InChI is InChI=1S/C21H26N4O2/c1-27-19-10-6-5-9-18(19)24-11-13-25(14-12-24)21(26)17-15-22-23-20(17)16-7-3-2-4-8-16/h2-10,17,20,22-23H,11-15H2,1H3. The number of piperazine rings is 1. The summed E-state index contributed by atoms with van der Waals surface area (Å²) < 4.78 is 5.48. The molecular weight excluding hydrogens is 340 g/mol. The second kappa shape index (κ2) is 7.98. The van der Waals surface area contributed by atoms with E-state index in [1.165, 1.54) is 0 Å². The van der Waals surface area contributed by atoms with Crippen LogP contribution >= 0.6 is 0 Å². The molecule has 0 aromatic heterocycles. The molecule has 2 aromatic carbocycles. The fourth-order valence-electron chi connectivity index (χ4n) is 4.00. The minimum Gasteiger partial charge on any atom is -0.495 e. The molecule has 2 saturated heterocycles. The summed E-state index contributed by atoms with van der Waals surface area (Å²) in [7, 11) is 1.70. The third-order valence-electron chi connectivity index (χ3n) is 5.47. The first kappa shape index (κ1) is 17.8. The third-order valence-corrected chi connectivity index (χ3v) is 5.47. The highest BCUT2D eigenvalue weighted by atomic mass is 16.5. The van der Waals surface area contributed by atoms with E-state index in [0.717, 1.165) is 43.2 Å². The number of anilines is 1. The minimum atomic E-state index is -0.0785. The van der Waals surface area contributed by atoms with Crippen LogP contribution in [0.3, 0.4) is 0 Å². The Morgan fingerprint density at radius 1 is 1.00 bits per heavy atom. The minimum absolute atomic E-state index is 0.0194. The van der Waals surface area contributed by atoms with Crippen LogP contribution in [0, 0.1) is 5.92 Å². The Bertz CT molecular complexity index is 775. The molecular formula is C21H26N4O2.